The van der Waals surface area contributed by atoms with Gasteiger partial charge in [-0.15, -0.1) is 0 Å². The van der Waals surface area contributed by atoms with Crippen molar-refractivity contribution in [2.24, 2.45) is 0 Å². The molecule has 0 fully saturated rings. The van der Waals surface area contributed by atoms with Crippen molar-refractivity contribution in [2.75, 3.05) is 18.1 Å². The van der Waals surface area contributed by atoms with E-state index < -0.39 is 11.8 Å². The molecule has 0 aromatic heterocycles. The first-order chi connectivity index (χ1) is 12.0. The van der Waals surface area contributed by atoms with Crippen molar-refractivity contribution in [1.29, 1.82) is 0 Å². The number of imide groups is 2. The Labute approximate surface area is 148 Å². The lowest BCUT2D eigenvalue weighted by atomic mass is 10.3. The molecular formula is C17H13ClN2O5. The maximum Gasteiger partial charge on any atom is 0.300 e. The number of nitrogens with zero attached hydrogens (tertiary/aromatic N) is 2. The second kappa shape index (κ2) is 6.90. The molecule has 0 unspecified atom stereocenters. The minimum atomic E-state index is -0.567. The van der Waals surface area contributed by atoms with Gasteiger partial charge < -0.3 is 4.74 Å². The molecule has 0 saturated carbocycles. The number of hydrogen-bond acceptors (Lipinski definition) is 5. The first kappa shape index (κ1) is 16.9. The van der Waals surface area contributed by atoms with Crippen LogP contribution in [-0.4, -0.2) is 41.7 Å². The molecule has 4 amide bonds. The number of benzene rings is 1. The SMILES string of the molecule is O=C1C=CC(=O)N1CCCOC1=CC(=O)N(c2ccc(Cl)cc2)C1=O. The molecule has 8 heteroatoms. The number of ether oxygens (including phenoxy) is 1. The molecule has 0 radical (unpaired) electrons. The third-order valence-corrected chi connectivity index (χ3v) is 3.91. The first-order valence-electron chi connectivity index (χ1n) is 7.49. The van der Waals surface area contributed by atoms with Crippen LogP contribution in [-0.2, 0) is 23.9 Å². The molecule has 2 heterocycles. The molecular weight excluding hydrogens is 348 g/mol. The molecule has 0 spiro atoms. The van der Waals surface area contributed by atoms with E-state index in [-0.39, 0.29) is 30.7 Å². The summed E-state index contributed by atoms with van der Waals surface area (Å²) in [4.78, 5) is 49.2. The van der Waals surface area contributed by atoms with Crippen molar-refractivity contribution >= 4 is 40.9 Å². The molecule has 7 nitrogen and oxygen atoms in total. The zero-order chi connectivity index (χ0) is 18.0. The molecule has 0 saturated heterocycles. The lowest BCUT2D eigenvalue weighted by Crippen LogP contribution is -2.32. The van der Waals surface area contributed by atoms with E-state index in [0.717, 1.165) is 15.9 Å². The maximum absolute atomic E-state index is 12.3. The summed E-state index contributed by atoms with van der Waals surface area (Å²) in [5, 5.41) is 0.493. The number of carbonyl (C=O) groups excluding carboxylic acids is 4. The van der Waals surface area contributed by atoms with E-state index in [1.54, 1.807) is 24.3 Å². The summed E-state index contributed by atoms with van der Waals surface area (Å²) in [5.74, 6) is -1.88. The standard InChI is InChI=1S/C17H13ClN2O5/c18-11-2-4-12(5-3-11)20-16(23)10-13(17(20)24)25-9-1-8-19-14(21)6-7-15(19)22/h2-7,10H,1,8-9H2. The van der Waals surface area contributed by atoms with Gasteiger partial charge in [-0.3, -0.25) is 24.1 Å². The highest BCUT2D eigenvalue weighted by Crippen LogP contribution is 2.24. The average molecular weight is 361 g/mol. The molecule has 0 atom stereocenters. The third-order valence-electron chi connectivity index (χ3n) is 3.66. The minimum Gasteiger partial charge on any atom is -0.488 e. The van der Waals surface area contributed by atoms with Gasteiger partial charge in [0.2, 0.25) is 0 Å². The van der Waals surface area contributed by atoms with Crippen LogP contribution in [0.5, 0.6) is 0 Å². The van der Waals surface area contributed by atoms with E-state index in [4.69, 9.17) is 16.3 Å². The van der Waals surface area contributed by atoms with E-state index in [1.165, 1.54) is 12.2 Å². The van der Waals surface area contributed by atoms with Gasteiger partial charge in [0, 0.05) is 23.7 Å². The van der Waals surface area contributed by atoms with Gasteiger partial charge in [-0.05, 0) is 30.7 Å². The Kier molecular flexibility index (Phi) is 4.67. The van der Waals surface area contributed by atoms with Crippen molar-refractivity contribution in [3.8, 4) is 0 Å². The van der Waals surface area contributed by atoms with Crippen LogP contribution < -0.4 is 4.90 Å². The summed E-state index contributed by atoms with van der Waals surface area (Å²) in [6.07, 6.45) is 3.87. The Morgan fingerprint density at radius 2 is 1.56 bits per heavy atom. The smallest absolute Gasteiger partial charge is 0.300 e. The van der Waals surface area contributed by atoms with Crippen LogP contribution in [0.25, 0.3) is 0 Å². The largest absolute Gasteiger partial charge is 0.488 e. The molecule has 0 bridgehead atoms. The average Bonchev–Trinajstić information content (AvgIpc) is 3.05. The topological polar surface area (TPSA) is 84.0 Å². The van der Waals surface area contributed by atoms with Crippen LogP contribution >= 0.6 is 11.6 Å². The number of rotatable bonds is 6. The Morgan fingerprint density at radius 3 is 2.20 bits per heavy atom. The molecule has 2 aliphatic heterocycles. The van der Waals surface area contributed by atoms with Crippen molar-refractivity contribution in [1.82, 2.24) is 4.90 Å². The van der Waals surface area contributed by atoms with Crippen molar-refractivity contribution in [2.45, 2.75) is 6.42 Å². The van der Waals surface area contributed by atoms with Gasteiger partial charge in [0.25, 0.3) is 17.7 Å². The van der Waals surface area contributed by atoms with E-state index in [2.05, 4.69) is 0 Å². The Morgan fingerprint density at radius 1 is 0.920 bits per heavy atom. The van der Waals surface area contributed by atoms with Crippen LogP contribution in [0, 0.1) is 0 Å². The lowest BCUT2D eigenvalue weighted by molar-refractivity contribution is -0.137. The number of anilines is 1. The van der Waals surface area contributed by atoms with Gasteiger partial charge in [0.15, 0.2) is 5.76 Å². The lowest BCUT2D eigenvalue weighted by Gasteiger charge is -2.16. The molecule has 128 valence electrons. The minimum absolute atomic E-state index is 0.0721. The molecule has 0 N–H and O–H groups in total. The van der Waals surface area contributed by atoms with Gasteiger partial charge in [-0.2, -0.15) is 0 Å². The van der Waals surface area contributed by atoms with Crippen LogP contribution in [0.15, 0.2) is 48.3 Å². The predicted octanol–water partition coefficient (Wildman–Crippen LogP) is 1.43. The summed E-state index contributed by atoms with van der Waals surface area (Å²) >= 11 is 5.80. The third kappa shape index (κ3) is 3.46. The fraction of sp³-hybridized carbons (Fsp3) is 0.176. The summed E-state index contributed by atoms with van der Waals surface area (Å²) in [7, 11) is 0. The fourth-order valence-electron chi connectivity index (χ4n) is 2.44. The van der Waals surface area contributed by atoms with E-state index in [0.29, 0.717) is 17.1 Å². The molecule has 1 aromatic rings. The molecule has 1 aromatic carbocycles. The predicted molar refractivity (Wildman–Crippen MR) is 88.5 cm³/mol. The molecule has 0 aliphatic carbocycles. The highest BCUT2D eigenvalue weighted by molar-refractivity contribution is 6.31. The van der Waals surface area contributed by atoms with Crippen LogP contribution in [0.3, 0.4) is 0 Å². The van der Waals surface area contributed by atoms with Crippen molar-refractivity contribution in [3.05, 3.63) is 53.3 Å². The summed E-state index contributed by atoms with van der Waals surface area (Å²) < 4.78 is 5.34. The van der Waals surface area contributed by atoms with Crippen LogP contribution in [0.1, 0.15) is 6.42 Å². The fourth-order valence-corrected chi connectivity index (χ4v) is 2.57. The summed E-state index contributed by atoms with van der Waals surface area (Å²) in [5.41, 5.74) is 0.397. The highest BCUT2D eigenvalue weighted by Gasteiger charge is 2.33. The number of hydrogen-bond donors (Lipinski definition) is 0. The Bertz CT molecular complexity index is 795. The second-order valence-corrected chi connectivity index (χ2v) is 5.76. The number of amides is 4. The van der Waals surface area contributed by atoms with Gasteiger partial charge in [-0.25, -0.2) is 4.90 Å². The monoisotopic (exact) mass is 360 g/mol. The summed E-state index contributed by atoms with van der Waals surface area (Å²) in [6.45, 7) is 0.275. The first-order valence-corrected chi connectivity index (χ1v) is 7.87. The van der Waals surface area contributed by atoms with Crippen molar-refractivity contribution in [3.63, 3.8) is 0 Å². The maximum atomic E-state index is 12.3. The van der Waals surface area contributed by atoms with Gasteiger partial charge in [0.05, 0.1) is 18.4 Å². The van der Waals surface area contributed by atoms with E-state index in [9.17, 15) is 19.2 Å². The van der Waals surface area contributed by atoms with E-state index >= 15 is 0 Å². The quantitative estimate of drug-likeness (QED) is 0.566. The summed E-state index contributed by atoms with van der Waals surface area (Å²) in [6, 6.07) is 6.28. The van der Waals surface area contributed by atoms with Gasteiger partial charge in [-0.1, -0.05) is 11.6 Å². The van der Waals surface area contributed by atoms with Crippen LogP contribution in [0.2, 0.25) is 5.02 Å². The zero-order valence-electron chi connectivity index (χ0n) is 13.0. The molecule has 3 rings (SSSR count). The number of halogens is 1. The Balaban J connectivity index is 1.54. The highest BCUT2D eigenvalue weighted by atomic mass is 35.5. The molecule has 25 heavy (non-hydrogen) atoms. The Hall–Kier alpha value is -2.93. The number of carbonyl (C=O) groups is 4. The second-order valence-electron chi connectivity index (χ2n) is 5.33. The van der Waals surface area contributed by atoms with Gasteiger partial charge >= 0.3 is 5.91 Å². The van der Waals surface area contributed by atoms with Gasteiger partial charge in [0.1, 0.15) is 0 Å². The molecule has 2 aliphatic rings. The van der Waals surface area contributed by atoms with E-state index in [1.807, 2.05) is 0 Å². The normalized spacial score (nSPS) is 16.9. The zero-order valence-corrected chi connectivity index (χ0v) is 13.7. The van der Waals surface area contributed by atoms with Crippen LogP contribution in [0.4, 0.5) is 5.69 Å². The van der Waals surface area contributed by atoms with Crippen molar-refractivity contribution < 1.29 is 23.9 Å².